The molecule has 1 saturated heterocycles. The Morgan fingerprint density at radius 1 is 1.31 bits per heavy atom. The molecule has 0 amide bonds. The molecule has 3 rings (SSSR count). The summed E-state index contributed by atoms with van der Waals surface area (Å²) in [4.78, 5) is 22.8. The zero-order valence-corrected chi connectivity index (χ0v) is 19.7. The van der Waals surface area contributed by atoms with Crippen molar-refractivity contribution < 1.29 is 9.53 Å². The van der Waals surface area contributed by atoms with Crippen molar-refractivity contribution in [2.24, 2.45) is 10.9 Å². The Bertz CT molecular complexity index is 841. The van der Waals surface area contributed by atoms with Gasteiger partial charge in [0.2, 0.25) is 0 Å². The van der Waals surface area contributed by atoms with Crippen LogP contribution in [0.15, 0.2) is 29.4 Å². The van der Waals surface area contributed by atoms with Crippen molar-refractivity contribution in [2.75, 3.05) is 27.2 Å². The number of esters is 1. The molecule has 0 radical (unpaired) electrons. The van der Waals surface area contributed by atoms with Crippen LogP contribution in [0.1, 0.15) is 29.8 Å². The molecule has 0 atom stereocenters. The van der Waals surface area contributed by atoms with Crippen molar-refractivity contribution in [2.45, 2.75) is 33.2 Å². The number of nitrogens with one attached hydrogen (secondary N) is 1. The summed E-state index contributed by atoms with van der Waals surface area (Å²) in [6.07, 6.45) is 3.42. The first-order valence-corrected chi connectivity index (χ1v) is 9.53. The first kappa shape index (κ1) is 23.1. The highest BCUT2D eigenvalue weighted by molar-refractivity contribution is 14.0. The second-order valence-corrected chi connectivity index (χ2v) is 7.05. The molecule has 158 valence electrons. The van der Waals surface area contributed by atoms with Crippen molar-refractivity contribution in [3.05, 3.63) is 41.3 Å². The normalized spacial score (nSPS) is 15.0. The minimum absolute atomic E-state index is 0. The predicted molar refractivity (Wildman–Crippen MR) is 123 cm³/mol. The van der Waals surface area contributed by atoms with Gasteiger partial charge in [0.05, 0.1) is 18.7 Å². The molecular weight excluding hydrogens is 483 g/mol. The third kappa shape index (κ3) is 5.68. The van der Waals surface area contributed by atoms with E-state index in [2.05, 4.69) is 25.3 Å². The average Bonchev–Trinajstić information content (AvgIpc) is 3.06. The lowest BCUT2D eigenvalue weighted by Crippen LogP contribution is -2.46. The fraction of sp³-hybridized carbons (Fsp3) is 0.500. The highest BCUT2D eigenvalue weighted by atomic mass is 127. The van der Waals surface area contributed by atoms with Gasteiger partial charge in [0.25, 0.3) is 0 Å². The number of methoxy groups -OCH3 is 1. The van der Waals surface area contributed by atoms with Crippen LogP contribution in [0, 0.1) is 19.8 Å². The van der Waals surface area contributed by atoms with Crippen LogP contribution in [0.3, 0.4) is 0 Å². The maximum Gasteiger partial charge on any atom is 0.308 e. The molecule has 0 spiro atoms. The van der Waals surface area contributed by atoms with Gasteiger partial charge in [-0.1, -0.05) is 6.07 Å². The third-order valence-electron chi connectivity index (χ3n) is 5.03. The number of halogens is 1. The summed E-state index contributed by atoms with van der Waals surface area (Å²) in [5.41, 5.74) is 3.10. The van der Waals surface area contributed by atoms with Crippen LogP contribution < -0.4 is 5.32 Å². The summed E-state index contributed by atoms with van der Waals surface area (Å²) >= 11 is 0. The van der Waals surface area contributed by atoms with Gasteiger partial charge in [-0.3, -0.25) is 9.79 Å². The molecule has 8 nitrogen and oxygen atoms in total. The molecule has 3 heterocycles. The second kappa shape index (κ2) is 10.6. The minimum Gasteiger partial charge on any atom is -0.469 e. The number of guanidine groups is 1. The van der Waals surface area contributed by atoms with Gasteiger partial charge in [-0.25, -0.2) is 9.67 Å². The minimum atomic E-state index is -0.114. The molecule has 2 aromatic heterocycles. The van der Waals surface area contributed by atoms with Crippen LogP contribution in [0.25, 0.3) is 5.82 Å². The molecule has 1 N–H and O–H groups in total. The van der Waals surface area contributed by atoms with E-state index in [1.807, 2.05) is 42.9 Å². The van der Waals surface area contributed by atoms with Crippen molar-refractivity contribution in [1.82, 2.24) is 25.0 Å². The molecular formula is C20H29IN6O2. The Labute approximate surface area is 188 Å². The number of hydrogen-bond donors (Lipinski definition) is 1. The standard InChI is InChI=1S/C20H28N6O2.HI/c1-14-11-15(2)26(24-14)18-6-5-16(12-22-18)13-23-20(21-3)25-9-7-17(8-10-25)19(27)28-4;/h5-6,11-12,17H,7-10,13H2,1-4H3,(H,21,23);1H. The SMILES string of the molecule is CN=C(NCc1ccc(-n2nc(C)cc2C)nc1)N1CCC(C(=O)OC)CC1.I. The van der Waals surface area contributed by atoms with Gasteiger partial charge in [-0.2, -0.15) is 5.10 Å². The van der Waals surface area contributed by atoms with Gasteiger partial charge in [-0.15, -0.1) is 24.0 Å². The van der Waals surface area contributed by atoms with Crippen LogP contribution in [-0.4, -0.2) is 58.8 Å². The largest absolute Gasteiger partial charge is 0.469 e. The van der Waals surface area contributed by atoms with Gasteiger partial charge in [0.1, 0.15) is 0 Å². The number of hydrogen-bond acceptors (Lipinski definition) is 5. The fourth-order valence-electron chi connectivity index (χ4n) is 3.51. The zero-order valence-electron chi connectivity index (χ0n) is 17.4. The topological polar surface area (TPSA) is 84.6 Å². The van der Waals surface area contributed by atoms with E-state index in [0.717, 1.165) is 54.7 Å². The zero-order chi connectivity index (χ0) is 20.1. The Balaban J connectivity index is 0.00000300. The first-order chi connectivity index (χ1) is 13.5. The van der Waals surface area contributed by atoms with Crippen molar-refractivity contribution >= 4 is 35.9 Å². The van der Waals surface area contributed by atoms with Crippen LogP contribution in [0.5, 0.6) is 0 Å². The molecule has 0 saturated carbocycles. The maximum atomic E-state index is 11.7. The number of piperidine rings is 1. The number of likely N-dealkylation sites (tertiary alicyclic amines) is 1. The highest BCUT2D eigenvalue weighted by Gasteiger charge is 2.26. The van der Waals surface area contributed by atoms with E-state index in [0.29, 0.717) is 6.54 Å². The van der Waals surface area contributed by atoms with E-state index < -0.39 is 0 Å². The smallest absolute Gasteiger partial charge is 0.308 e. The van der Waals surface area contributed by atoms with Crippen molar-refractivity contribution in [3.63, 3.8) is 0 Å². The lowest BCUT2D eigenvalue weighted by molar-refractivity contribution is -0.146. The number of rotatable bonds is 4. The molecule has 0 unspecified atom stereocenters. The van der Waals surface area contributed by atoms with Gasteiger partial charge >= 0.3 is 5.97 Å². The number of aryl methyl sites for hydroxylation is 2. The maximum absolute atomic E-state index is 11.7. The van der Waals surface area contributed by atoms with Gasteiger partial charge < -0.3 is 15.0 Å². The van der Waals surface area contributed by atoms with E-state index >= 15 is 0 Å². The molecule has 29 heavy (non-hydrogen) atoms. The average molecular weight is 512 g/mol. The lowest BCUT2D eigenvalue weighted by Gasteiger charge is -2.33. The predicted octanol–water partition coefficient (Wildman–Crippen LogP) is 2.46. The van der Waals surface area contributed by atoms with E-state index in [1.165, 1.54) is 7.11 Å². The Morgan fingerprint density at radius 2 is 2.03 bits per heavy atom. The third-order valence-corrected chi connectivity index (χ3v) is 5.03. The van der Waals surface area contributed by atoms with Crippen molar-refractivity contribution in [3.8, 4) is 5.82 Å². The van der Waals surface area contributed by atoms with Gasteiger partial charge in [-0.05, 0) is 44.4 Å². The quantitative estimate of drug-likeness (QED) is 0.293. The monoisotopic (exact) mass is 512 g/mol. The summed E-state index contributed by atoms with van der Waals surface area (Å²) in [5.74, 6) is 1.52. The Hall–Kier alpha value is -2.17. The summed E-state index contributed by atoms with van der Waals surface area (Å²) in [6, 6.07) is 6.05. The molecule has 1 aliphatic rings. The summed E-state index contributed by atoms with van der Waals surface area (Å²) in [5, 5.41) is 7.85. The summed E-state index contributed by atoms with van der Waals surface area (Å²) < 4.78 is 6.70. The van der Waals surface area contributed by atoms with E-state index in [4.69, 9.17) is 4.74 Å². The molecule has 1 fully saturated rings. The van der Waals surface area contributed by atoms with Gasteiger partial charge in [0.15, 0.2) is 11.8 Å². The second-order valence-electron chi connectivity index (χ2n) is 7.05. The Morgan fingerprint density at radius 3 is 2.55 bits per heavy atom. The lowest BCUT2D eigenvalue weighted by atomic mass is 9.97. The Kier molecular flexibility index (Phi) is 8.42. The van der Waals surface area contributed by atoms with E-state index in [9.17, 15) is 4.79 Å². The molecule has 0 aliphatic carbocycles. The summed E-state index contributed by atoms with van der Waals surface area (Å²) in [6.45, 7) is 6.20. The molecule has 2 aromatic rings. The molecule has 9 heteroatoms. The van der Waals surface area contributed by atoms with Gasteiger partial charge in [0, 0.05) is 38.6 Å². The number of pyridine rings is 1. The van der Waals surface area contributed by atoms with Crippen LogP contribution in [0.2, 0.25) is 0 Å². The number of aromatic nitrogens is 3. The van der Waals surface area contributed by atoms with Crippen LogP contribution >= 0.6 is 24.0 Å². The van der Waals surface area contributed by atoms with E-state index in [1.54, 1.807) is 7.05 Å². The van der Waals surface area contributed by atoms with Crippen LogP contribution in [0.4, 0.5) is 0 Å². The molecule has 0 bridgehead atoms. The number of carbonyl (C=O) groups excluding carboxylic acids is 1. The number of aliphatic imine (C=N–C) groups is 1. The van der Waals surface area contributed by atoms with Crippen molar-refractivity contribution in [1.29, 1.82) is 0 Å². The highest BCUT2D eigenvalue weighted by Crippen LogP contribution is 2.18. The first-order valence-electron chi connectivity index (χ1n) is 9.53. The number of nitrogens with zero attached hydrogens (tertiary/aromatic N) is 5. The van der Waals surface area contributed by atoms with E-state index in [-0.39, 0.29) is 35.9 Å². The molecule has 0 aromatic carbocycles. The van der Waals surface area contributed by atoms with Crippen LogP contribution in [-0.2, 0) is 16.1 Å². The summed E-state index contributed by atoms with van der Waals surface area (Å²) in [7, 11) is 3.22. The molecule has 1 aliphatic heterocycles. The number of carbonyl (C=O) groups is 1. The fourth-order valence-corrected chi connectivity index (χ4v) is 3.51. The number of ether oxygens (including phenoxy) is 1.